The van der Waals surface area contributed by atoms with Gasteiger partial charge >= 0.3 is 11.9 Å². The number of fused-ring (bicyclic) bond motifs is 2. The van der Waals surface area contributed by atoms with E-state index < -0.39 is 17.9 Å². The van der Waals surface area contributed by atoms with E-state index in [4.69, 9.17) is 13.9 Å². The Morgan fingerprint density at radius 2 is 1.63 bits per heavy atom. The minimum absolute atomic E-state index is 0.177. The molecule has 8 heteroatoms. The van der Waals surface area contributed by atoms with Crippen molar-refractivity contribution in [1.82, 2.24) is 10.2 Å². The molecule has 0 radical (unpaired) electrons. The number of nitrogens with zero attached hydrogens (tertiary/aromatic N) is 1. The molecule has 3 heterocycles. The fourth-order valence-electron chi connectivity index (χ4n) is 5.56. The lowest BCUT2D eigenvalue weighted by Gasteiger charge is -2.31. The van der Waals surface area contributed by atoms with E-state index in [1.807, 2.05) is 0 Å². The van der Waals surface area contributed by atoms with E-state index in [0.29, 0.717) is 45.4 Å². The third-order valence-corrected chi connectivity index (χ3v) is 7.42. The molecule has 1 atom stereocenters. The number of hydrogen-bond donors (Lipinski definition) is 1. The maximum atomic E-state index is 13.6. The number of para-hydroxylation sites is 2. The first-order valence-electron chi connectivity index (χ1n) is 13.0. The van der Waals surface area contributed by atoms with Crippen molar-refractivity contribution in [1.29, 1.82) is 0 Å². The summed E-state index contributed by atoms with van der Waals surface area (Å²) in [4.78, 5) is 42.3. The fraction of sp³-hybridized carbons (Fsp3) is 0.367. The Kier molecular flexibility index (Phi) is 7.33. The van der Waals surface area contributed by atoms with Crippen molar-refractivity contribution >= 4 is 33.9 Å². The molecule has 0 spiro atoms. The molecule has 2 aromatic carbocycles. The van der Waals surface area contributed by atoms with Gasteiger partial charge < -0.3 is 19.2 Å². The van der Waals surface area contributed by atoms with Crippen LogP contribution < -0.4 is 10.7 Å². The van der Waals surface area contributed by atoms with Gasteiger partial charge in [0.2, 0.25) is 5.43 Å². The highest BCUT2D eigenvalue weighted by Crippen LogP contribution is 2.42. The van der Waals surface area contributed by atoms with Crippen LogP contribution in [-0.2, 0) is 19.1 Å². The molecule has 1 N–H and O–H groups in total. The number of benzene rings is 2. The number of ether oxygens (including phenoxy) is 2. The van der Waals surface area contributed by atoms with Gasteiger partial charge in [-0.3, -0.25) is 9.69 Å². The van der Waals surface area contributed by atoms with Crippen molar-refractivity contribution < 1.29 is 23.5 Å². The molecule has 1 fully saturated rings. The molecule has 8 nitrogen and oxygen atoms in total. The number of dihydropyridines is 1. The first-order valence-corrected chi connectivity index (χ1v) is 13.0. The average molecular weight is 517 g/mol. The number of piperidine rings is 1. The summed E-state index contributed by atoms with van der Waals surface area (Å²) in [6.07, 6.45) is 3.53. The van der Waals surface area contributed by atoms with E-state index in [0.717, 1.165) is 25.9 Å². The van der Waals surface area contributed by atoms with Crippen LogP contribution in [0.3, 0.4) is 0 Å². The first-order chi connectivity index (χ1) is 18.4. The summed E-state index contributed by atoms with van der Waals surface area (Å²) in [5.41, 5.74) is 2.79. The second-order valence-electron chi connectivity index (χ2n) is 9.82. The zero-order valence-corrected chi connectivity index (χ0v) is 22.0. The van der Waals surface area contributed by atoms with E-state index in [1.165, 1.54) is 13.5 Å². The number of likely N-dealkylation sites (tertiary alicyclic amines) is 1. The van der Waals surface area contributed by atoms with Crippen LogP contribution in [0, 0.1) is 0 Å². The minimum atomic E-state index is -0.848. The second-order valence-corrected chi connectivity index (χ2v) is 9.82. The van der Waals surface area contributed by atoms with Gasteiger partial charge in [-0.2, -0.15) is 0 Å². The van der Waals surface area contributed by atoms with Gasteiger partial charge in [0.25, 0.3) is 0 Å². The highest BCUT2D eigenvalue weighted by Gasteiger charge is 2.39. The number of nitrogens with one attached hydrogen (secondary N) is 1. The molecule has 3 aromatic rings. The molecule has 5 rings (SSSR count). The van der Waals surface area contributed by atoms with Crippen molar-refractivity contribution in [2.24, 2.45) is 0 Å². The van der Waals surface area contributed by atoms with Crippen LogP contribution in [0.1, 0.15) is 44.6 Å². The summed E-state index contributed by atoms with van der Waals surface area (Å²) >= 11 is 0. The van der Waals surface area contributed by atoms with Crippen LogP contribution in [0.15, 0.2) is 74.2 Å². The zero-order valence-electron chi connectivity index (χ0n) is 22.0. The monoisotopic (exact) mass is 516 g/mol. The molecule has 1 aromatic heterocycles. The van der Waals surface area contributed by atoms with Crippen LogP contribution in [-0.4, -0.2) is 50.2 Å². The van der Waals surface area contributed by atoms with Crippen LogP contribution in [0.4, 0.5) is 0 Å². The molecule has 1 unspecified atom stereocenters. The molecular weight excluding hydrogens is 484 g/mol. The third kappa shape index (κ3) is 4.72. The lowest BCUT2D eigenvalue weighted by Crippen LogP contribution is -2.35. The number of methoxy groups -OCH3 is 1. The van der Waals surface area contributed by atoms with Gasteiger partial charge in [-0.25, -0.2) is 9.59 Å². The quantitative estimate of drug-likeness (QED) is 0.381. The Morgan fingerprint density at radius 1 is 0.947 bits per heavy atom. The van der Waals surface area contributed by atoms with Crippen LogP contribution >= 0.6 is 0 Å². The highest BCUT2D eigenvalue weighted by atomic mass is 16.5. The molecule has 0 saturated carbocycles. The Hall–Kier alpha value is -3.91. The summed E-state index contributed by atoms with van der Waals surface area (Å²) in [7, 11) is 1.30. The van der Waals surface area contributed by atoms with Gasteiger partial charge in [0.1, 0.15) is 17.8 Å². The maximum absolute atomic E-state index is 13.6. The third-order valence-electron chi connectivity index (χ3n) is 7.42. The topological polar surface area (TPSA) is 98.1 Å². The summed E-state index contributed by atoms with van der Waals surface area (Å²) in [5, 5.41) is 4.00. The maximum Gasteiger partial charge on any atom is 0.336 e. The first kappa shape index (κ1) is 25.7. The standard InChI is InChI=1S/C30H32N2O6/c1-18-24(29(34)36-3)26(25(19(2)31-18)30(35)37-17-16-32-14-7-4-8-15-32)21-11-9-12-22-27(33)20-10-5-6-13-23(20)38-28(21)22/h5-6,9-13,26,31H,4,7-8,14-17H2,1-3H3. The van der Waals surface area contributed by atoms with Crippen molar-refractivity contribution in [2.45, 2.75) is 39.0 Å². The van der Waals surface area contributed by atoms with Crippen molar-refractivity contribution in [3.63, 3.8) is 0 Å². The van der Waals surface area contributed by atoms with Gasteiger partial charge in [0, 0.05) is 23.5 Å². The van der Waals surface area contributed by atoms with Crippen molar-refractivity contribution in [2.75, 3.05) is 33.4 Å². The summed E-state index contributed by atoms with van der Waals surface area (Å²) < 4.78 is 17.2. The van der Waals surface area contributed by atoms with E-state index >= 15 is 0 Å². The minimum Gasteiger partial charge on any atom is -0.466 e. The SMILES string of the molecule is COC(=O)C1=C(C)NC(C)=C(C(=O)OCCN2CCCCC2)C1c1cccc2c(=O)c3ccccc3oc12. The molecule has 0 bridgehead atoms. The summed E-state index contributed by atoms with van der Waals surface area (Å²) in [6, 6.07) is 12.2. The molecular formula is C30H32N2O6. The van der Waals surface area contributed by atoms with E-state index in [-0.39, 0.29) is 23.2 Å². The average Bonchev–Trinajstić information content (AvgIpc) is 2.92. The number of carbonyl (C=O) groups is 2. The number of esters is 2. The smallest absolute Gasteiger partial charge is 0.336 e. The zero-order chi connectivity index (χ0) is 26.8. The molecule has 198 valence electrons. The molecule has 38 heavy (non-hydrogen) atoms. The Morgan fingerprint density at radius 3 is 2.37 bits per heavy atom. The summed E-state index contributed by atoms with van der Waals surface area (Å²) in [6.45, 7) is 6.44. The van der Waals surface area contributed by atoms with Crippen LogP contribution in [0.5, 0.6) is 0 Å². The number of carbonyl (C=O) groups excluding carboxylic acids is 2. The largest absolute Gasteiger partial charge is 0.466 e. The number of rotatable bonds is 6. The van der Waals surface area contributed by atoms with Gasteiger partial charge in [-0.1, -0.05) is 30.7 Å². The Bertz CT molecular complexity index is 1530. The summed E-state index contributed by atoms with van der Waals surface area (Å²) in [5.74, 6) is -1.95. The van der Waals surface area contributed by atoms with Crippen molar-refractivity contribution in [3.8, 4) is 0 Å². The molecule has 2 aliphatic rings. The van der Waals surface area contributed by atoms with E-state index in [2.05, 4.69) is 10.2 Å². The number of allylic oxidation sites excluding steroid dienone is 2. The van der Waals surface area contributed by atoms with Gasteiger partial charge in [0.15, 0.2) is 0 Å². The molecule has 1 saturated heterocycles. The number of hydrogen-bond acceptors (Lipinski definition) is 8. The predicted molar refractivity (Wildman–Crippen MR) is 145 cm³/mol. The predicted octanol–water partition coefficient (Wildman–Crippen LogP) is 4.38. The van der Waals surface area contributed by atoms with Crippen LogP contribution in [0.25, 0.3) is 21.9 Å². The van der Waals surface area contributed by atoms with Crippen molar-refractivity contribution in [3.05, 3.63) is 80.8 Å². The molecule has 2 aliphatic heterocycles. The van der Waals surface area contributed by atoms with Crippen LogP contribution in [0.2, 0.25) is 0 Å². The normalized spacial score (nSPS) is 18.6. The van der Waals surface area contributed by atoms with E-state index in [1.54, 1.807) is 56.3 Å². The Labute approximate surface area is 220 Å². The highest BCUT2D eigenvalue weighted by molar-refractivity contribution is 6.02. The lowest BCUT2D eigenvalue weighted by molar-refractivity contribution is -0.140. The van der Waals surface area contributed by atoms with Gasteiger partial charge in [-0.05, 0) is 58.0 Å². The second kappa shape index (κ2) is 10.8. The molecule has 0 amide bonds. The van der Waals surface area contributed by atoms with Gasteiger partial charge in [0.05, 0.1) is 34.9 Å². The fourth-order valence-corrected chi connectivity index (χ4v) is 5.56. The lowest BCUT2D eigenvalue weighted by atomic mass is 9.79. The van der Waals surface area contributed by atoms with Gasteiger partial charge in [-0.15, -0.1) is 0 Å². The van der Waals surface area contributed by atoms with E-state index in [9.17, 15) is 14.4 Å². The molecule has 0 aliphatic carbocycles. The Balaban J connectivity index is 1.60.